The molecule has 19 heavy (non-hydrogen) atoms. The number of carboxylic acids is 1. The maximum atomic E-state index is 12.0. The lowest BCUT2D eigenvalue weighted by molar-refractivity contribution is -0.150. The Hall–Kier alpha value is -1.40. The summed E-state index contributed by atoms with van der Waals surface area (Å²) in [6.07, 6.45) is -0.792. The van der Waals surface area contributed by atoms with Crippen LogP contribution < -0.4 is 5.32 Å². The first-order valence-electron chi connectivity index (χ1n) is 5.93. The van der Waals surface area contributed by atoms with E-state index in [1.807, 2.05) is 19.1 Å². The van der Waals surface area contributed by atoms with E-state index in [-0.39, 0.29) is 5.91 Å². The van der Waals surface area contributed by atoms with Gasteiger partial charge in [-0.05, 0) is 47.3 Å². The third kappa shape index (κ3) is 3.13. The molecule has 0 unspecified atom stereocenters. The average molecular weight is 328 g/mol. The summed E-state index contributed by atoms with van der Waals surface area (Å²) in [6, 6.07) is 5.54. The Balaban J connectivity index is 2.02. The van der Waals surface area contributed by atoms with Crippen molar-refractivity contribution in [2.24, 2.45) is 0 Å². The minimum absolute atomic E-state index is 0.310. The first-order valence-corrected chi connectivity index (χ1v) is 6.72. The smallest absolute Gasteiger partial charge is 0.332 e. The standard InChI is InChI=1S/C13H14BrNO4/c1-7-3-2-4-8(11(7)14)15-12(16)9-5-6-10(19-9)13(17)18/h2-4,9-10H,5-6H2,1H3,(H,15,16)(H,17,18)/t9-,10+/m0/s1. The van der Waals surface area contributed by atoms with Crippen molar-refractivity contribution in [2.75, 3.05) is 5.32 Å². The van der Waals surface area contributed by atoms with Crippen LogP contribution in [0.2, 0.25) is 0 Å². The summed E-state index contributed by atoms with van der Waals surface area (Å²) in [7, 11) is 0. The van der Waals surface area contributed by atoms with E-state index < -0.39 is 18.2 Å². The van der Waals surface area contributed by atoms with E-state index in [2.05, 4.69) is 21.2 Å². The SMILES string of the molecule is Cc1cccc(NC(=O)[C@@H]2CC[C@H](C(=O)O)O2)c1Br. The number of carboxylic acid groups (broad SMARTS) is 1. The van der Waals surface area contributed by atoms with Gasteiger partial charge in [0.15, 0.2) is 6.10 Å². The maximum absolute atomic E-state index is 12.0. The van der Waals surface area contributed by atoms with E-state index in [1.165, 1.54) is 0 Å². The van der Waals surface area contributed by atoms with Crippen molar-refractivity contribution in [3.05, 3.63) is 28.2 Å². The molecule has 6 heteroatoms. The molecule has 1 aromatic rings. The van der Waals surface area contributed by atoms with Crippen LogP contribution in [0.25, 0.3) is 0 Å². The zero-order valence-electron chi connectivity index (χ0n) is 10.4. The Morgan fingerprint density at radius 2 is 2.05 bits per heavy atom. The van der Waals surface area contributed by atoms with Crippen LogP contribution in [-0.4, -0.2) is 29.2 Å². The summed E-state index contributed by atoms with van der Waals surface area (Å²) in [5, 5.41) is 11.6. The molecule has 5 nitrogen and oxygen atoms in total. The monoisotopic (exact) mass is 327 g/mol. The maximum Gasteiger partial charge on any atom is 0.332 e. The molecule has 1 aliphatic rings. The Kier molecular flexibility index (Phi) is 4.21. The molecule has 0 bridgehead atoms. The largest absolute Gasteiger partial charge is 0.479 e. The highest BCUT2D eigenvalue weighted by atomic mass is 79.9. The Labute approximate surface area is 119 Å². The van der Waals surface area contributed by atoms with E-state index in [0.717, 1.165) is 10.0 Å². The van der Waals surface area contributed by atoms with Crippen LogP contribution in [0, 0.1) is 6.92 Å². The summed E-state index contributed by atoms with van der Waals surface area (Å²) < 4.78 is 6.02. The molecule has 2 atom stereocenters. The zero-order valence-corrected chi connectivity index (χ0v) is 11.9. The molecule has 1 amide bonds. The van der Waals surface area contributed by atoms with Gasteiger partial charge in [-0.25, -0.2) is 4.79 Å². The second-order valence-electron chi connectivity index (χ2n) is 4.45. The molecular weight excluding hydrogens is 314 g/mol. The van der Waals surface area contributed by atoms with Crippen LogP contribution in [0.15, 0.2) is 22.7 Å². The lowest BCUT2D eigenvalue weighted by Gasteiger charge is -2.13. The van der Waals surface area contributed by atoms with Crippen molar-refractivity contribution in [1.29, 1.82) is 0 Å². The van der Waals surface area contributed by atoms with Crippen molar-refractivity contribution in [1.82, 2.24) is 0 Å². The first-order chi connectivity index (χ1) is 8.99. The van der Waals surface area contributed by atoms with E-state index in [1.54, 1.807) is 6.07 Å². The molecule has 0 aromatic heterocycles. The predicted molar refractivity (Wildman–Crippen MR) is 73.0 cm³/mol. The molecule has 0 saturated carbocycles. The molecule has 2 N–H and O–H groups in total. The molecule has 2 rings (SSSR count). The average Bonchev–Trinajstić information content (AvgIpc) is 2.84. The predicted octanol–water partition coefficient (Wildman–Crippen LogP) is 2.33. The number of benzene rings is 1. The number of hydrogen-bond donors (Lipinski definition) is 2. The number of rotatable bonds is 3. The number of amides is 1. The van der Waals surface area contributed by atoms with Gasteiger partial charge in [-0.2, -0.15) is 0 Å². The van der Waals surface area contributed by atoms with Crippen LogP contribution in [0.1, 0.15) is 18.4 Å². The van der Waals surface area contributed by atoms with Crippen LogP contribution >= 0.6 is 15.9 Å². The van der Waals surface area contributed by atoms with Gasteiger partial charge >= 0.3 is 5.97 Å². The summed E-state index contributed by atoms with van der Waals surface area (Å²) in [6.45, 7) is 1.92. The van der Waals surface area contributed by atoms with Gasteiger partial charge in [0.05, 0.1) is 5.69 Å². The zero-order chi connectivity index (χ0) is 14.0. The van der Waals surface area contributed by atoms with Gasteiger partial charge in [0.1, 0.15) is 6.10 Å². The fraction of sp³-hybridized carbons (Fsp3) is 0.385. The van der Waals surface area contributed by atoms with Crippen molar-refractivity contribution in [3.8, 4) is 0 Å². The van der Waals surface area contributed by atoms with Crippen molar-refractivity contribution in [2.45, 2.75) is 32.0 Å². The number of halogens is 1. The Morgan fingerprint density at radius 1 is 1.37 bits per heavy atom. The van der Waals surface area contributed by atoms with E-state index in [0.29, 0.717) is 18.5 Å². The van der Waals surface area contributed by atoms with Crippen LogP contribution in [-0.2, 0) is 14.3 Å². The molecule has 1 heterocycles. The van der Waals surface area contributed by atoms with Crippen molar-refractivity contribution >= 4 is 33.5 Å². The van der Waals surface area contributed by atoms with Gasteiger partial charge in [0, 0.05) is 4.47 Å². The second kappa shape index (κ2) is 5.71. The molecule has 1 aliphatic heterocycles. The molecule has 1 aromatic carbocycles. The number of hydrogen-bond acceptors (Lipinski definition) is 3. The molecule has 0 radical (unpaired) electrons. The third-order valence-electron chi connectivity index (χ3n) is 3.04. The van der Waals surface area contributed by atoms with Crippen LogP contribution in [0.5, 0.6) is 0 Å². The van der Waals surface area contributed by atoms with E-state index in [9.17, 15) is 9.59 Å². The number of aryl methyl sites for hydroxylation is 1. The number of carbonyl (C=O) groups is 2. The van der Waals surface area contributed by atoms with Gasteiger partial charge in [-0.3, -0.25) is 4.79 Å². The number of aliphatic carboxylic acids is 1. The second-order valence-corrected chi connectivity index (χ2v) is 5.25. The van der Waals surface area contributed by atoms with Crippen LogP contribution in [0.4, 0.5) is 5.69 Å². The van der Waals surface area contributed by atoms with Gasteiger partial charge < -0.3 is 15.2 Å². The van der Waals surface area contributed by atoms with Gasteiger partial charge in [-0.1, -0.05) is 12.1 Å². The number of anilines is 1. The minimum Gasteiger partial charge on any atom is -0.479 e. The highest BCUT2D eigenvalue weighted by Gasteiger charge is 2.34. The molecule has 102 valence electrons. The molecular formula is C13H14BrNO4. The quantitative estimate of drug-likeness (QED) is 0.893. The lowest BCUT2D eigenvalue weighted by atomic mass is 10.1. The summed E-state index contributed by atoms with van der Waals surface area (Å²) in [5.41, 5.74) is 1.67. The first kappa shape index (κ1) is 14.0. The van der Waals surface area contributed by atoms with E-state index in [4.69, 9.17) is 9.84 Å². The van der Waals surface area contributed by atoms with Crippen LogP contribution in [0.3, 0.4) is 0 Å². The summed E-state index contributed by atoms with van der Waals surface area (Å²) in [4.78, 5) is 22.8. The summed E-state index contributed by atoms with van der Waals surface area (Å²) in [5.74, 6) is -1.33. The van der Waals surface area contributed by atoms with Gasteiger partial charge in [0.2, 0.25) is 0 Å². The number of carbonyl (C=O) groups excluding carboxylic acids is 1. The lowest BCUT2D eigenvalue weighted by Crippen LogP contribution is -2.30. The number of ether oxygens (including phenoxy) is 1. The molecule has 0 aliphatic carbocycles. The Morgan fingerprint density at radius 3 is 2.68 bits per heavy atom. The van der Waals surface area contributed by atoms with Crippen molar-refractivity contribution in [3.63, 3.8) is 0 Å². The molecule has 0 spiro atoms. The van der Waals surface area contributed by atoms with E-state index >= 15 is 0 Å². The molecule has 1 fully saturated rings. The highest BCUT2D eigenvalue weighted by molar-refractivity contribution is 9.10. The van der Waals surface area contributed by atoms with Crippen molar-refractivity contribution < 1.29 is 19.4 Å². The fourth-order valence-corrected chi connectivity index (χ4v) is 2.33. The highest BCUT2D eigenvalue weighted by Crippen LogP contribution is 2.27. The minimum atomic E-state index is -1.02. The summed E-state index contributed by atoms with van der Waals surface area (Å²) >= 11 is 3.40. The normalized spacial score (nSPS) is 22.2. The Bertz CT molecular complexity index is 517. The molecule has 1 saturated heterocycles. The third-order valence-corrected chi connectivity index (χ3v) is 4.09. The van der Waals surface area contributed by atoms with Gasteiger partial charge in [0.25, 0.3) is 5.91 Å². The topological polar surface area (TPSA) is 75.6 Å². The number of nitrogens with one attached hydrogen (secondary N) is 1. The van der Waals surface area contributed by atoms with Gasteiger partial charge in [-0.15, -0.1) is 0 Å². The fourth-order valence-electron chi connectivity index (χ4n) is 1.97.